The summed E-state index contributed by atoms with van der Waals surface area (Å²) in [6, 6.07) is 20.1. The fourth-order valence-electron chi connectivity index (χ4n) is 4.21. The lowest BCUT2D eigenvalue weighted by Crippen LogP contribution is -2.44. The normalized spacial score (nSPS) is 16.4. The minimum Gasteiger partial charge on any atom is -0.380 e. The van der Waals surface area contributed by atoms with Crippen molar-refractivity contribution in [1.82, 2.24) is 4.90 Å². The Balaban J connectivity index is 1.68. The van der Waals surface area contributed by atoms with E-state index in [-0.39, 0.29) is 11.0 Å². The Hall–Kier alpha value is -1.62. The molecule has 0 atom stereocenters. The molecule has 0 aliphatic carbocycles. The van der Waals surface area contributed by atoms with Crippen LogP contribution >= 0.6 is 12.6 Å². The van der Waals surface area contributed by atoms with E-state index in [0.29, 0.717) is 6.42 Å². The van der Waals surface area contributed by atoms with Gasteiger partial charge in [-0.2, -0.15) is 0 Å². The zero-order valence-corrected chi connectivity index (χ0v) is 16.7. The first kappa shape index (κ1) is 20.1. The number of likely N-dealkylation sites (tertiary alicyclic amines) is 1. The molecule has 2 aromatic rings. The quantitative estimate of drug-likeness (QED) is 0.529. The zero-order valence-electron chi connectivity index (χ0n) is 15.8. The lowest BCUT2D eigenvalue weighted by atomic mass is 9.72. The van der Waals surface area contributed by atoms with Crippen LogP contribution < -0.4 is 0 Å². The molecule has 0 amide bonds. The molecule has 0 radical (unpaired) electrons. The number of nitrogens with zero attached hydrogens (tertiary/aromatic N) is 1. The highest BCUT2D eigenvalue weighted by Crippen LogP contribution is 2.41. The van der Waals surface area contributed by atoms with Crippen molar-refractivity contribution < 1.29 is 9.90 Å². The number of carbonyl (C=O) groups excluding carboxylic acids is 1. The molecule has 2 aromatic carbocycles. The minimum atomic E-state index is -0.951. The number of rotatable bonds is 8. The monoisotopic (exact) mass is 383 g/mol. The Kier molecular flexibility index (Phi) is 7.11. The number of piperidine rings is 1. The average molecular weight is 384 g/mol. The first-order chi connectivity index (χ1) is 13.1. The molecule has 144 valence electrons. The number of benzene rings is 2. The molecule has 3 rings (SSSR count). The highest BCUT2D eigenvalue weighted by molar-refractivity contribution is 7.96. The van der Waals surface area contributed by atoms with Crippen molar-refractivity contribution in [2.75, 3.05) is 19.6 Å². The molecule has 0 unspecified atom stereocenters. The molecule has 4 heteroatoms. The van der Waals surface area contributed by atoms with Gasteiger partial charge in [-0.05, 0) is 62.4 Å². The molecule has 0 spiro atoms. The molecule has 1 aliphatic rings. The Morgan fingerprint density at radius 2 is 1.48 bits per heavy atom. The first-order valence-corrected chi connectivity index (χ1v) is 10.3. The Labute approximate surface area is 167 Å². The van der Waals surface area contributed by atoms with E-state index in [9.17, 15) is 9.90 Å². The smallest absolute Gasteiger partial charge is 0.185 e. The zero-order chi connectivity index (χ0) is 19.1. The second-order valence-corrected chi connectivity index (χ2v) is 7.96. The van der Waals surface area contributed by atoms with E-state index in [2.05, 4.69) is 17.5 Å². The molecule has 1 N–H and O–H groups in total. The van der Waals surface area contributed by atoms with Crippen LogP contribution in [0.4, 0.5) is 0 Å². The molecule has 0 saturated carbocycles. The summed E-state index contributed by atoms with van der Waals surface area (Å²) in [5.74, 6) is 0.192. The highest BCUT2D eigenvalue weighted by atomic mass is 32.1. The Morgan fingerprint density at radius 3 is 1.96 bits per heavy atom. The molecule has 3 nitrogen and oxygen atoms in total. The Morgan fingerprint density at radius 1 is 0.963 bits per heavy atom. The predicted molar refractivity (Wildman–Crippen MR) is 113 cm³/mol. The second kappa shape index (κ2) is 9.54. The standard InChI is InChI=1S/C23H29NO2S/c25-22(27)13-7-8-16-24-17-14-21(15-18-24)23(26,19-9-3-1-4-10-19)20-11-5-2-6-12-20/h1-6,9-12,21,26H,7-8,13-18H2,(H,25,27). The van der Waals surface area contributed by atoms with Crippen LogP contribution in [0.3, 0.4) is 0 Å². The molecular formula is C23H29NO2S. The molecule has 1 aliphatic heterocycles. The van der Waals surface area contributed by atoms with Crippen LogP contribution in [-0.2, 0) is 10.4 Å². The number of aliphatic hydroxyl groups is 1. The summed E-state index contributed by atoms with van der Waals surface area (Å²) >= 11 is 3.83. The van der Waals surface area contributed by atoms with Gasteiger partial charge in [-0.3, -0.25) is 4.79 Å². The van der Waals surface area contributed by atoms with Gasteiger partial charge in [-0.1, -0.05) is 60.7 Å². The lowest BCUT2D eigenvalue weighted by molar-refractivity contribution is -0.110. The van der Waals surface area contributed by atoms with E-state index < -0.39 is 5.60 Å². The van der Waals surface area contributed by atoms with Gasteiger partial charge in [-0.15, -0.1) is 12.6 Å². The molecule has 1 saturated heterocycles. The summed E-state index contributed by atoms with van der Waals surface area (Å²) in [6.45, 7) is 2.99. The maximum atomic E-state index is 11.9. The summed E-state index contributed by atoms with van der Waals surface area (Å²) in [5.41, 5.74) is 0.997. The Bertz CT molecular complexity index is 672. The van der Waals surface area contributed by atoms with Crippen LogP contribution in [0, 0.1) is 5.92 Å². The van der Waals surface area contributed by atoms with Gasteiger partial charge in [0, 0.05) is 6.42 Å². The fourth-order valence-corrected chi connectivity index (χ4v) is 4.37. The van der Waals surface area contributed by atoms with E-state index in [1.807, 2.05) is 60.7 Å². The summed E-state index contributed by atoms with van der Waals surface area (Å²) in [7, 11) is 0. The van der Waals surface area contributed by atoms with Crippen LogP contribution in [0.5, 0.6) is 0 Å². The van der Waals surface area contributed by atoms with Crippen LogP contribution in [0.1, 0.15) is 43.2 Å². The van der Waals surface area contributed by atoms with Gasteiger partial charge >= 0.3 is 0 Å². The van der Waals surface area contributed by atoms with Crippen molar-refractivity contribution in [2.45, 2.75) is 37.7 Å². The lowest BCUT2D eigenvalue weighted by Gasteiger charge is -2.42. The van der Waals surface area contributed by atoms with Crippen molar-refractivity contribution in [3.63, 3.8) is 0 Å². The molecule has 1 heterocycles. The molecule has 1 fully saturated rings. The molecular weight excluding hydrogens is 354 g/mol. The largest absolute Gasteiger partial charge is 0.380 e. The predicted octanol–water partition coefficient (Wildman–Crippen LogP) is 4.26. The van der Waals surface area contributed by atoms with Crippen LogP contribution in [0.2, 0.25) is 0 Å². The van der Waals surface area contributed by atoms with Crippen molar-refractivity contribution in [1.29, 1.82) is 0 Å². The fraction of sp³-hybridized carbons (Fsp3) is 0.435. The number of hydrogen-bond acceptors (Lipinski definition) is 3. The van der Waals surface area contributed by atoms with Gasteiger partial charge in [0.1, 0.15) is 5.60 Å². The number of unbranched alkanes of at least 4 members (excludes halogenated alkanes) is 1. The van der Waals surface area contributed by atoms with E-state index >= 15 is 0 Å². The van der Waals surface area contributed by atoms with Crippen LogP contribution in [-0.4, -0.2) is 34.8 Å². The van der Waals surface area contributed by atoms with Gasteiger partial charge in [0.05, 0.1) is 0 Å². The van der Waals surface area contributed by atoms with Crippen molar-refractivity contribution in [3.8, 4) is 0 Å². The summed E-state index contributed by atoms with van der Waals surface area (Å²) in [6.07, 6.45) is 4.41. The van der Waals surface area contributed by atoms with Crippen LogP contribution in [0.25, 0.3) is 0 Å². The molecule has 0 bridgehead atoms. The van der Waals surface area contributed by atoms with Crippen LogP contribution in [0.15, 0.2) is 60.7 Å². The molecule has 27 heavy (non-hydrogen) atoms. The third-order valence-electron chi connectivity index (χ3n) is 5.72. The number of hydrogen-bond donors (Lipinski definition) is 2. The third-order valence-corrected chi connectivity index (χ3v) is 5.94. The van der Waals surface area contributed by atoms with Crippen molar-refractivity contribution in [2.24, 2.45) is 5.92 Å². The topological polar surface area (TPSA) is 40.5 Å². The van der Waals surface area contributed by atoms with E-state index in [1.165, 1.54) is 0 Å². The van der Waals surface area contributed by atoms with E-state index in [1.54, 1.807) is 0 Å². The van der Waals surface area contributed by atoms with Crippen molar-refractivity contribution in [3.05, 3.63) is 71.8 Å². The number of thiol groups is 1. The van der Waals surface area contributed by atoms with Gasteiger partial charge in [0.15, 0.2) is 5.12 Å². The first-order valence-electron chi connectivity index (χ1n) is 9.88. The SMILES string of the molecule is O=C(S)CCCCN1CCC(C(O)(c2ccccc2)c2ccccc2)CC1. The second-order valence-electron chi connectivity index (χ2n) is 7.47. The summed E-state index contributed by atoms with van der Waals surface area (Å²) in [4.78, 5) is 13.4. The van der Waals surface area contributed by atoms with Gasteiger partial charge in [-0.25, -0.2) is 0 Å². The van der Waals surface area contributed by atoms with Crippen molar-refractivity contribution >= 4 is 17.7 Å². The van der Waals surface area contributed by atoms with E-state index in [0.717, 1.165) is 56.4 Å². The maximum Gasteiger partial charge on any atom is 0.185 e. The van der Waals surface area contributed by atoms with Gasteiger partial charge in [0.2, 0.25) is 0 Å². The maximum absolute atomic E-state index is 11.9. The number of carbonyl (C=O) groups is 1. The highest BCUT2D eigenvalue weighted by Gasteiger charge is 2.41. The van der Waals surface area contributed by atoms with Gasteiger partial charge in [0.25, 0.3) is 0 Å². The van der Waals surface area contributed by atoms with E-state index in [4.69, 9.17) is 0 Å². The third kappa shape index (κ3) is 5.01. The van der Waals surface area contributed by atoms with Gasteiger partial charge < -0.3 is 10.0 Å². The summed E-state index contributed by atoms with van der Waals surface area (Å²) in [5, 5.41) is 11.9. The average Bonchev–Trinajstić information content (AvgIpc) is 2.72. The minimum absolute atomic E-state index is 0.0236. The summed E-state index contributed by atoms with van der Waals surface area (Å²) < 4.78 is 0. The molecule has 0 aromatic heterocycles.